The molecule has 0 saturated carbocycles. The summed E-state index contributed by atoms with van der Waals surface area (Å²) in [7, 11) is 1.53. The van der Waals surface area contributed by atoms with Crippen LogP contribution in [0.1, 0.15) is 16.1 Å². The molecule has 0 aliphatic rings. The fraction of sp³-hybridized carbons (Fsp3) is 0.0833. The molecule has 0 amide bonds. The van der Waals surface area contributed by atoms with E-state index < -0.39 is 11.8 Å². The van der Waals surface area contributed by atoms with Crippen molar-refractivity contribution in [2.75, 3.05) is 7.11 Å². The maximum atomic E-state index is 14.4. The first kappa shape index (κ1) is 22.2. The number of methoxy groups -OCH3 is 1. The van der Waals surface area contributed by atoms with Crippen molar-refractivity contribution in [1.82, 2.24) is 19.6 Å². The normalized spacial score (nSPS) is 11.4. The van der Waals surface area contributed by atoms with Crippen molar-refractivity contribution in [2.45, 2.75) is 6.61 Å². The van der Waals surface area contributed by atoms with Crippen molar-refractivity contribution < 1.29 is 28.2 Å². The van der Waals surface area contributed by atoms with E-state index in [1.54, 1.807) is 28.9 Å². The number of carbonyl (C=O) groups is 1. The summed E-state index contributed by atoms with van der Waals surface area (Å²) in [6.45, 7) is 0.114. The molecule has 0 radical (unpaired) electrons. The summed E-state index contributed by atoms with van der Waals surface area (Å²) in [6.07, 6.45) is 1.63. The number of aromatic nitrogens is 4. The number of halogens is 1. The van der Waals surface area contributed by atoms with Gasteiger partial charge in [-0.1, -0.05) is 12.1 Å². The second-order valence-electron chi connectivity index (χ2n) is 7.65. The number of thiazole rings is 1. The minimum atomic E-state index is -0.984. The molecule has 9 nitrogen and oxygen atoms in total. The predicted molar refractivity (Wildman–Crippen MR) is 131 cm³/mol. The largest absolute Gasteiger partial charge is 0.486 e. The quantitative estimate of drug-likeness (QED) is 0.282. The second-order valence-corrected chi connectivity index (χ2v) is 9.43. The van der Waals surface area contributed by atoms with E-state index in [2.05, 4.69) is 15.1 Å². The topological polar surface area (TPSA) is 112 Å². The molecule has 0 spiro atoms. The highest BCUT2D eigenvalue weighted by atomic mass is 32.1. The standard InChI is InChI=1S/C24H15FN4O5S2/c1-32-24-28-29-17(9-26-23(29)36-24)20-8-16-18(6-14(25)7-19(16)34-20)33-10-15-11-35-21(27-15)12-2-4-13(5-3-12)22(30)31/h2-9,11H,10H2,1H3,(H,30,31). The maximum absolute atomic E-state index is 14.4. The summed E-state index contributed by atoms with van der Waals surface area (Å²) < 4.78 is 33.0. The number of nitrogens with zero attached hydrogens (tertiary/aromatic N) is 4. The minimum absolute atomic E-state index is 0.114. The molecule has 36 heavy (non-hydrogen) atoms. The van der Waals surface area contributed by atoms with Crippen LogP contribution in [0.2, 0.25) is 0 Å². The number of hydrogen-bond donors (Lipinski definition) is 1. The summed E-state index contributed by atoms with van der Waals surface area (Å²) in [5.41, 5.74) is 2.60. The molecule has 6 aromatic rings. The van der Waals surface area contributed by atoms with E-state index in [-0.39, 0.29) is 12.2 Å². The Morgan fingerprint density at radius 2 is 2.06 bits per heavy atom. The molecule has 0 atom stereocenters. The van der Waals surface area contributed by atoms with Crippen LogP contribution in [0.5, 0.6) is 10.9 Å². The summed E-state index contributed by atoms with van der Waals surface area (Å²) in [6, 6.07) is 10.8. The van der Waals surface area contributed by atoms with Gasteiger partial charge in [0.1, 0.15) is 34.5 Å². The number of ether oxygens (including phenoxy) is 2. The Morgan fingerprint density at radius 1 is 1.22 bits per heavy atom. The number of aromatic carboxylic acids is 1. The fourth-order valence-corrected chi connectivity index (χ4v) is 5.16. The fourth-order valence-electron chi connectivity index (χ4n) is 3.66. The van der Waals surface area contributed by atoms with E-state index in [4.69, 9.17) is 19.0 Å². The van der Waals surface area contributed by atoms with Gasteiger partial charge < -0.3 is 19.0 Å². The third-order valence-electron chi connectivity index (χ3n) is 5.36. The lowest BCUT2D eigenvalue weighted by molar-refractivity contribution is 0.0697. The molecule has 6 rings (SSSR count). The van der Waals surface area contributed by atoms with E-state index in [1.165, 1.54) is 54.0 Å². The summed E-state index contributed by atoms with van der Waals surface area (Å²) >= 11 is 2.70. The van der Waals surface area contributed by atoms with Crippen LogP contribution in [0.15, 0.2) is 58.5 Å². The molecule has 2 aromatic carbocycles. The monoisotopic (exact) mass is 522 g/mol. The van der Waals surface area contributed by atoms with Gasteiger partial charge in [-0.2, -0.15) is 4.52 Å². The third kappa shape index (κ3) is 3.95. The number of imidazole rings is 1. The van der Waals surface area contributed by atoms with Crippen LogP contribution in [-0.2, 0) is 6.61 Å². The van der Waals surface area contributed by atoms with E-state index in [9.17, 15) is 9.18 Å². The van der Waals surface area contributed by atoms with Gasteiger partial charge in [-0.3, -0.25) is 0 Å². The van der Waals surface area contributed by atoms with Gasteiger partial charge in [-0.05, 0) is 29.5 Å². The molecule has 0 bridgehead atoms. The maximum Gasteiger partial charge on any atom is 0.335 e. The summed E-state index contributed by atoms with van der Waals surface area (Å²) in [4.78, 5) is 20.6. The highest BCUT2D eigenvalue weighted by molar-refractivity contribution is 7.18. The molecule has 1 N–H and O–H groups in total. The van der Waals surface area contributed by atoms with Crippen molar-refractivity contribution in [1.29, 1.82) is 0 Å². The Kier molecular flexibility index (Phi) is 5.38. The molecule has 180 valence electrons. The van der Waals surface area contributed by atoms with Crippen molar-refractivity contribution in [2.24, 2.45) is 0 Å². The van der Waals surface area contributed by atoms with Crippen LogP contribution in [0.25, 0.3) is 38.0 Å². The molecule has 0 aliphatic carbocycles. The van der Waals surface area contributed by atoms with Gasteiger partial charge in [-0.15, -0.1) is 16.4 Å². The van der Waals surface area contributed by atoms with Crippen LogP contribution >= 0.6 is 22.7 Å². The van der Waals surface area contributed by atoms with E-state index in [0.29, 0.717) is 44.0 Å². The Bertz CT molecular complexity index is 1730. The molecule has 0 unspecified atom stereocenters. The van der Waals surface area contributed by atoms with Gasteiger partial charge in [0.25, 0.3) is 5.19 Å². The van der Waals surface area contributed by atoms with Gasteiger partial charge in [0.05, 0.1) is 30.0 Å². The third-order valence-corrected chi connectivity index (χ3v) is 7.19. The highest BCUT2D eigenvalue weighted by Crippen LogP contribution is 2.36. The summed E-state index contributed by atoms with van der Waals surface area (Å²) in [5.74, 6) is -0.703. The van der Waals surface area contributed by atoms with Crippen molar-refractivity contribution in [3.63, 3.8) is 0 Å². The number of rotatable bonds is 7. The molecule has 12 heteroatoms. The summed E-state index contributed by atoms with van der Waals surface area (Å²) in [5, 5.41) is 17.0. The lowest BCUT2D eigenvalue weighted by atomic mass is 10.1. The van der Waals surface area contributed by atoms with Crippen molar-refractivity contribution >= 4 is 44.6 Å². The smallest absolute Gasteiger partial charge is 0.335 e. The first-order valence-corrected chi connectivity index (χ1v) is 12.2. The number of carboxylic acids is 1. The SMILES string of the molecule is COc1nn2c(-c3cc4c(OCc5csc(-c6ccc(C(=O)O)cc6)n5)cc(F)cc4o3)cnc2s1. The first-order chi connectivity index (χ1) is 17.5. The van der Waals surface area contributed by atoms with Gasteiger partial charge in [0.2, 0.25) is 4.96 Å². The van der Waals surface area contributed by atoms with Crippen molar-refractivity contribution in [3.05, 3.63) is 71.1 Å². The average molecular weight is 523 g/mol. The van der Waals surface area contributed by atoms with Crippen LogP contribution in [0, 0.1) is 5.82 Å². The zero-order valence-corrected chi connectivity index (χ0v) is 20.1. The first-order valence-electron chi connectivity index (χ1n) is 10.5. The highest BCUT2D eigenvalue weighted by Gasteiger charge is 2.18. The number of fused-ring (bicyclic) bond motifs is 2. The van der Waals surface area contributed by atoms with Crippen LogP contribution in [-0.4, -0.2) is 37.8 Å². The minimum Gasteiger partial charge on any atom is -0.486 e. The lowest BCUT2D eigenvalue weighted by Gasteiger charge is -2.05. The van der Waals surface area contributed by atoms with Gasteiger partial charge in [-0.25, -0.2) is 19.2 Å². The average Bonchev–Trinajstić information content (AvgIpc) is 3.65. The van der Waals surface area contributed by atoms with Gasteiger partial charge >= 0.3 is 5.97 Å². The zero-order chi connectivity index (χ0) is 24.8. The molecular weight excluding hydrogens is 507 g/mol. The molecule has 4 aromatic heterocycles. The van der Waals surface area contributed by atoms with Gasteiger partial charge in [0.15, 0.2) is 5.76 Å². The Morgan fingerprint density at radius 3 is 2.83 bits per heavy atom. The molecule has 0 saturated heterocycles. The Hall–Kier alpha value is -4.29. The number of hydrogen-bond acceptors (Lipinski definition) is 9. The second kappa shape index (κ2) is 8.73. The Labute approximate surface area is 210 Å². The molecule has 4 heterocycles. The molecule has 0 fully saturated rings. The predicted octanol–water partition coefficient (Wildman–Crippen LogP) is 5.75. The Balaban J connectivity index is 1.26. The van der Waals surface area contributed by atoms with Crippen LogP contribution < -0.4 is 9.47 Å². The molecular formula is C24H15FN4O5S2. The number of furan rings is 1. The van der Waals surface area contributed by atoms with Crippen molar-refractivity contribution in [3.8, 4) is 33.0 Å². The van der Waals surface area contributed by atoms with E-state index in [0.717, 1.165) is 10.6 Å². The van der Waals surface area contributed by atoms with Gasteiger partial charge in [0, 0.05) is 23.1 Å². The number of carboxylic acid groups (broad SMARTS) is 1. The van der Waals surface area contributed by atoms with Crippen LogP contribution in [0.4, 0.5) is 4.39 Å². The van der Waals surface area contributed by atoms with Crippen LogP contribution in [0.3, 0.4) is 0 Å². The van der Waals surface area contributed by atoms with E-state index >= 15 is 0 Å². The molecule has 0 aliphatic heterocycles. The lowest BCUT2D eigenvalue weighted by Crippen LogP contribution is -1.97. The van der Waals surface area contributed by atoms with E-state index in [1.807, 2.05) is 5.38 Å². The zero-order valence-electron chi connectivity index (χ0n) is 18.5. The number of benzene rings is 2.